The van der Waals surface area contributed by atoms with Gasteiger partial charge in [-0.15, -0.1) is 5.10 Å². The average molecular weight is 310 g/mol. The third kappa shape index (κ3) is 3.21. The summed E-state index contributed by atoms with van der Waals surface area (Å²) in [5.74, 6) is -0.0850. The van der Waals surface area contributed by atoms with E-state index in [2.05, 4.69) is 31.2 Å². The Kier molecular flexibility index (Phi) is 4.16. The Hall–Kier alpha value is -1.60. The summed E-state index contributed by atoms with van der Waals surface area (Å²) in [4.78, 5) is 16.0. The second-order valence-corrected chi connectivity index (χ2v) is 4.68. The summed E-state index contributed by atoms with van der Waals surface area (Å²) in [6, 6.07) is 1.86. The van der Waals surface area contributed by atoms with Gasteiger partial charge < -0.3 is 5.73 Å². The van der Waals surface area contributed by atoms with E-state index < -0.39 is 0 Å². The van der Waals surface area contributed by atoms with Gasteiger partial charge in [0.05, 0.1) is 12.7 Å². The Bertz CT molecular complexity index is 554. The highest BCUT2D eigenvalue weighted by Crippen LogP contribution is 2.11. The zero-order valence-electron chi connectivity index (χ0n) is 9.58. The maximum atomic E-state index is 12.0. The van der Waals surface area contributed by atoms with Crippen LogP contribution in [0.4, 0.5) is 0 Å². The van der Waals surface area contributed by atoms with E-state index in [1.165, 1.54) is 0 Å². The molecule has 0 spiro atoms. The van der Waals surface area contributed by atoms with Crippen molar-refractivity contribution in [2.75, 3.05) is 6.54 Å². The van der Waals surface area contributed by atoms with Crippen molar-refractivity contribution in [1.82, 2.24) is 20.0 Å². The van der Waals surface area contributed by atoms with E-state index in [1.807, 2.05) is 6.07 Å². The molecule has 6 nitrogen and oxygen atoms in total. The number of nitrogens with two attached hydrogens (primary N) is 1. The van der Waals surface area contributed by atoms with E-state index >= 15 is 0 Å². The van der Waals surface area contributed by atoms with Gasteiger partial charge in [-0.2, -0.15) is 0 Å². The molecule has 0 aliphatic rings. The number of ketones is 1. The highest BCUT2D eigenvalue weighted by Gasteiger charge is 2.11. The Balaban J connectivity index is 2.07. The molecule has 2 aromatic rings. The quantitative estimate of drug-likeness (QED) is 0.826. The molecule has 0 bridgehead atoms. The number of Topliss-reactive ketones (excluding diaryl/α,β-unsaturated/α-hetero) is 1. The van der Waals surface area contributed by atoms with E-state index in [0.717, 1.165) is 10.0 Å². The normalized spacial score (nSPS) is 10.6. The molecule has 0 aliphatic carbocycles. The molecule has 0 saturated heterocycles. The summed E-state index contributed by atoms with van der Waals surface area (Å²) in [6.45, 7) is 1.02. The van der Waals surface area contributed by atoms with E-state index in [-0.39, 0.29) is 12.2 Å². The first-order valence-corrected chi connectivity index (χ1v) is 6.21. The Morgan fingerprint density at radius 2 is 2.28 bits per heavy atom. The zero-order chi connectivity index (χ0) is 13.0. The standard InChI is InChI=1S/C11H12BrN5O/c12-9-3-8(5-14-6-9)4-11(18)10-7-17(2-1-13)16-15-10/h3,5-7H,1-2,4,13H2. The number of rotatable bonds is 5. The van der Waals surface area contributed by atoms with Gasteiger partial charge >= 0.3 is 0 Å². The minimum Gasteiger partial charge on any atom is -0.329 e. The summed E-state index contributed by atoms with van der Waals surface area (Å²) >= 11 is 3.31. The van der Waals surface area contributed by atoms with Crippen LogP contribution in [0.1, 0.15) is 16.1 Å². The predicted octanol–water partition coefficient (Wildman–Crippen LogP) is 0.820. The lowest BCUT2D eigenvalue weighted by atomic mass is 10.1. The van der Waals surface area contributed by atoms with Gasteiger partial charge in [-0.3, -0.25) is 14.5 Å². The van der Waals surface area contributed by atoms with Gasteiger partial charge in [0.25, 0.3) is 0 Å². The summed E-state index contributed by atoms with van der Waals surface area (Å²) in [5.41, 5.74) is 6.59. The van der Waals surface area contributed by atoms with Crippen molar-refractivity contribution in [3.8, 4) is 0 Å². The van der Waals surface area contributed by atoms with Crippen LogP contribution in [0.15, 0.2) is 29.1 Å². The number of halogens is 1. The molecular weight excluding hydrogens is 298 g/mol. The molecule has 0 aromatic carbocycles. The van der Waals surface area contributed by atoms with Gasteiger partial charge in [0.1, 0.15) is 5.69 Å². The topological polar surface area (TPSA) is 86.7 Å². The number of hydrogen-bond acceptors (Lipinski definition) is 5. The molecule has 7 heteroatoms. The minimum absolute atomic E-state index is 0.0850. The van der Waals surface area contributed by atoms with Crippen LogP contribution in [0.2, 0.25) is 0 Å². The summed E-state index contributed by atoms with van der Waals surface area (Å²) < 4.78 is 2.41. The maximum absolute atomic E-state index is 12.0. The fourth-order valence-electron chi connectivity index (χ4n) is 1.50. The van der Waals surface area contributed by atoms with Crippen molar-refractivity contribution >= 4 is 21.7 Å². The van der Waals surface area contributed by atoms with Crippen molar-refractivity contribution in [2.24, 2.45) is 5.73 Å². The SMILES string of the molecule is NCCn1cc(C(=O)Cc2cncc(Br)c2)nn1. The first kappa shape index (κ1) is 12.8. The maximum Gasteiger partial charge on any atom is 0.189 e. The Labute approximate surface area is 112 Å². The van der Waals surface area contributed by atoms with Crippen LogP contribution in [0.3, 0.4) is 0 Å². The third-order valence-corrected chi connectivity index (χ3v) is 2.74. The van der Waals surface area contributed by atoms with Gasteiger partial charge in [0.2, 0.25) is 0 Å². The molecule has 2 rings (SSSR count). The van der Waals surface area contributed by atoms with Gasteiger partial charge in [-0.1, -0.05) is 5.21 Å². The number of nitrogens with zero attached hydrogens (tertiary/aromatic N) is 4. The molecule has 0 radical (unpaired) electrons. The third-order valence-electron chi connectivity index (χ3n) is 2.31. The highest BCUT2D eigenvalue weighted by molar-refractivity contribution is 9.10. The fraction of sp³-hybridized carbons (Fsp3) is 0.273. The number of carbonyl (C=O) groups excluding carboxylic acids is 1. The molecule has 0 unspecified atom stereocenters. The summed E-state index contributed by atoms with van der Waals surface area (Å²) in [7, 11) is 0. The van der Waals surface area contributed by atoms with Gasteiger partial charge in [0.15, 0.2) is 5.78 Å². The predicted molar refractivity (Wildman–Crippen MR) is 69.0 cm³/mol. The summed E-state index contributed by atoms with van der Waals surface area (Å²) in [6.07, 6.45) is 5.20. The molecule has 0 fully saturated rings. The number of aromatic nitrogens is 4. The smallest absolute Gasteiger partial charge is 0.189 e. The van der Waals surface area contributed by atoms with E-state index in [0.29, 0.717) is 18.8 Å². The minimum atomic E-state index is -0.0850. The van der Waals surface area contributed by atoms with E-state index in [1.54, 1.807) is 23.3 Å². The molecule has 2 aromatic heterocycles. The van der Waals surface area contributed by atoms with E-state index in [4.69, 9.17) is 5.73 Å². The average Bonchev–Trinajstić information content (AvgIpc) is 2.78. The number of pyridine rings is 1. The van der Waals surface area contributed by atoms with Crippen LogP contribution in [-0.4, -0.2) is 32.3 Å². The Morgan fingerprint density at radius 1 is 1.44 bits per heavy atom. The fourth-order valence-corrected chi connectivity index (χ4v) is 1.91. The van der Waals surface area contributed by atoms with Crippen LogP contribution in [0, 0.1) is 0 Å². The molecule has 2 heterocycles. The van der Waals surface area contributed by atoms with Crippen molar-refractivity contribution in [2.45, 2.75) is 13.0 Å². The van der Waals surface area contributed by atoms with Crippen LogP contribution in [-0.2, 0) is 13.0 Å². The lowest BCUT2D eigenvalue weighted by Gasteiger charge is -1.98. The molecule has 2 N–H and O–H groups in total. The Morgan fingerprint density at radius 3 is 3.00 bits per heavy atom. The van der Waals surface area contributed by atoms with Crippen LogP contribution in [0.25, 0.3) is 0 Å². The second-order valence-electron chi connectivity index (χ2n) is 3.77. The first-order valence-electron chi connectivity index (χ1n) is 5.42. The van der Waals surface area contributed by atoms with Crippen molar-refractivity contribution in [1.29, 1.82) is 0 Å². The highest BCUT2D eigenvalue weighted by atomic mass is 79.9. The lowest BCUT2D eigenvalue weighted by molar-refractivity contribution is 0.0988. The van der Waals surface area contributed by atoms with Crippen molar-refractivity contribution < 1.29 is 4.79 Å². The molecule has 0 amide bonds. The second kappa shape index (κ2) is 5.83. The summed E-state index contributed by atoms with van der Waals surface area (Å²) in [5, 5.41) is 7.66. The van der Waals surface area contributed by atoms with Crippen LogP contribution < -0.4 is 5.73 Å². The lowest BCUT2D eigenvalue weighted by Crippen LogP contribution is -2.10. The molecular formula is C11H12BrN5O. The molecule has 94 valence electrons. The molecule has 0 aliphatic heterocycles. The molecule has 0 saturated carbocycles. The van der Waals surface area contributed by atoms with E-state index in [9.17, 15) is 4.79 Å². The number of carbonyl (C=O) groups is 1. The monoisotopic (exact) mass is 309 g/mol. The van der Waals surface area contributed by atoms with Crippen molar-refractivity contribution in [3.63, 3.8) is 0 Å². The van der Waals surface area contributed by atoms with Crippen LogP contribution in [0.5, 0.6) is 0 Å². The molecule has 18 heavy (non-hydrogen) atoms. The number of hydrogen-bond donors (Lipinski definition) is 1. The van der Waals surface area contributed by atoms with Gasteiger partial charge in [0, 0.05) is 29.8 Å². The van der Waals surface area contributed by atoms with Crippen LogP contribution >= 0.6 is 15.9 Å². The zero-order valence-corrected chi connectivity index (χ0v) is 11.2. The largest absolute Gasteiger partial charge is 0.329 e. The molecule has 0 atom stereocenters. The van der Waals surface area contributed by atoms with Gasteiger partial charge in [-0.05, 0) is 27.6 Å². The van der Waals surface area contributed by atoms with Gasteiger partial charge in [-0.25, -0.2) is 0 Å². The first-order chi connectivity index (χ1) is 8.69. The van der Waals surface area contributed by atoms with Crippen molar-refractivity contribution in [3.05, 3.63) is 40.4 Å².